The first kappa shape index (κ1) is 7.61. The van der Waals surface area contributed by atoms with Crippen molar-refractivity contribution in [1.82, 2.24) is 10.2 Å². The minimum Gasteiger partial charge on any atom is -0.394 e. The molecule has 1 unspecified atom stereocenters. The van der Waals surface area contributed by atoms with Crippen molar-refractivity contribution in [3.05, 3.63) is 12.3 Å². The molecule has 2 heteroatoms. The van der Waals surface area contributed by atoms with Crippen LogP contribution in [0.1, 0.15) is 12.8 Å². The number of rotatable bonds is 2. The van der Waals surface area contributed by atoms with E-state index in [2.05, 4.69) is 23.3 Å². The van der Waals surface area contributed by atoms with Crippen LogP contribution in [-0.4, -0.2) is 31.6 Å². The molecule has 0 bridgehead atoms. The van der Waals surface area contributed by atoms with E-state index in [1.807, 2.05) is 13.2 Å². The Kier molecular flexibility index (Phi) is 2.75. The van der Waals surface area contributed by atoms with Crippen LogP contribution in [0.4, 0.5) is 0 Å². The lowest BCUT2D eigenvalue weighted by atomic mass is 10.2. The molecule has 10 heavy (non-hydrogen) atoms. The van der Waals surface area contributed by atoms with Gasteiger partial charge in [-0.25, -0.2) is 0 Å². The second-order valence-electron chi connectivity index (χ2n) is 2.84. The summed E-state index contributed by atoms with van der Waals surface area (Å²) in [6, 6.07) is 0.674. The molecule has 1 aliphatic rings. The molecule has 2 nitrogen and oxygen atoms in total. The summed E-state index contributed by atoms with van der Waals surface area (Å²) in [4.78, 5) is 2.38. The van der Waals surface area contributed by atoms with Gasteiger partial charge in [-0.3, -0.25) is 4.90 Å². The third-order valence-electron chi connectivity index (χ3n) is 2.06. The van der Waals surface area contributed by atoms with E-state index in [1.165, 1.54) is 19.4 Å². The van der Waals surface area contributed by atoms with Crippen LogP contribution in [0, 0.1) is 0 Å². The van der Waals surface area contributed by atoms with Crippen LogP contribution in [-0.2, 0) is 0 Å². The molecule has 58 valence electrons. The molecule has 0 aromatic carbocycles. The van der Waals surface area contributed by atoms with E-state index in [0.717, 1.165) is 0 Å². The number of nitrogens with one attached hydrogen (secondary N) is 1. The average molecular weight is 140 g/mol. The van der Waals surface area contributed by atoms with Crippen molar-refractivity contribution < 1.29 is 0 Å². The zero-order valence-electron chi connectivity index (χ0n) is 6.80. The molecule has 0 saturated carbocycles. The van der Waals surface area contributed by atoms with Crippen LogP contribution < -0.4 is 5.32 Å². The molecule has 1 aliphatic heterocycles. The van der Waals surface area contributed by atoms with Gasteiger partial charge in [-0.2, -0.15) is 0 Å². The summed E-state index contributed by atoms with van der Waals surface area (Å²) in [5.74, 6) is 0. The van der Waals surface area contributed by atoms with Gasteiger partial charge in [0.1, 0.15) is 0 Å². The highest BCUT2D eigenvalue weighted by atomic mass is 15.1. The number of hydrogen-bond acceptors (Lipinski definition) is 2. The highest BCUT2D eigenvalue weighted by Crippen LogP contribution is 2.14. The Hall–Kier alpha value is -0.500. The fourth-order valence-corrected chi connectivity index (χ4v) is 1.39. The summed E-state index contributed by atoms with van der Waals surface area (Å²) in [5, 5.41) is 3.01. The Bertz CT molecular complexity index is 120. The second kappa shape index (κ2) is 3.62. The van der Waals surface area contributed by atoms with Crippen molar-refractivity contribution in [2.24, 2.45) is 0 Å². The molecule has 0 aliphatic carbocycles. The number of likely N-dealkylation sites (N-methyl/N-ethyl adjacent to an activating group) is 1. The van der Waals surface area contributed by atoms with E-state index in [-0.39, 0.29) is 0 Å². The topological polar surface area (TPSA) is 15.3 Å². The molecule has 1 saturated heterocycles. The molecule has 0 amide bonds. The predicted octanol–water partition coefficient (Wildman–Crippen LogP) is 0.814. The normalized spacial score (nSPS) is 28.0. The van der Waals surface area contributed by atoms with Crippen molar-refractivity contribution in [3.63, 3.8) is 0 Å². The Morgan fingerprint density at radius 2 is 2.40 bits per heavy atom. The smallest absolute Gasteiger partial charge is 0.0292 e. The third kappa shape index (κ3) is 1.74. The van der Waals surface area contributed by atoms with Gasteiger partial charge in [0, 0.05) is 13.1 Å². The maximum Gasteiger partial charge on any atom is 0.0292 e. The minimum atomic E-state index is 0.674. The highest BCUT2D eigenvalue weighted by Gasteiger charge is 2.16. The van der Waals surface area contributed by atoms with Crippen molar-refractivity contribution in [3.8, 4) is 0 Å². The molecule has 1 N–H and O–H groups in total. The SMILES string of the molecule is CN/C=C/C1CCCN1C. The van der Waals surface area contributed by atoms with Crippen molar-refractivity contribution in [2.45, 2.75) is 18.9 Å². The van der Waals surface area contributed by atoms with E-state index in [1.54, 1.807) is 0 Å². The highest BCUT2D eigenvalue weighted by molar-refractivity contribution is 4.95. The molecular formula is C8H16N2. The summed E-state index contributed by atoms with van der Waals surface area (Å²) in [6.45, 7) is 1.25. The lowest BCUT2D eigenvalue weighted by Gasteiger charge is -2.14. The first-order valence-corrected chi connectivity index (χ1v) is 3.89. The summed E-state index contributed by atoms with van der Waals surface area (Å²) in [5.41, 5.74) is 0. The van der Waals surface area contributed by atoms with Gasteiger partial charge in [0.15, 0.2) is 0 Å². The van der Waals surface area contributed by atoms with Gasteiger partial charge in [-0.05, 0) is 32.6 Å². The van der Waals surface area contributed by atoms with E-state index in [9.17, 15) is 0 Å². The summed E-state index contributed by atoms with van der Waals surface area (Å²) in [6.07, 6.45) is 6.91. The van der Waals surface area contributed by atoms with Gasteiger partial charge >= 0.3 is 0 Å². The van der Waals surface area contributed by atoms with Gasteiger partial charge in [0.2, 0.25) is 0 Å². The van der Waals surface area contributed by atoms with E-state index in [4.69, 9.17) is 0 Å². The summed E-state index contributed by atoms with van der Waals surface area (Å²) < 4.78 is 0. The second-order valence-corrected chi connectivity index (χ2v) is 2.84. The first-order chi connectivity index (χ1) is 4.84. The Labute approximate surface area is 62.9 Å². The first-order valence-electron chi connectivity index (χ1n) is 3.89. The summed E-state index contributed by atoms with van der Waals surface area (Å²) >= 11 is 0. The number of likely N-dealkylation sites (tertiary alicyclic amines) is 1. The average Bonchev–Trinajstić information content (AvgIpc) is 2.31. The lowest BCUT2D eigenvalue weighted by Crippen LogP contribution is -2.22. The Morgan fingerprint density at radius 3 is 2.90 bits per heavy atom. The van der Waals surface area contributed by atoms with Gasteiger partial charge in [0.05, 0.1) is 0 Å². The molecule has 0 aromatic heterocycles. The monoisotopic (exact) mass is 140 g/mol. The Morgan fingerprint density at radius 1 is 1.60 bits per heavy atom. The zero-order valence-corrected chi connectivity index (χ0v) is 6.80. The third-order valence-corrected chi connectivity index (χ3v) is 2.06. The van der Waals surface area contributed by atoms with Crippen LogP contribution in [0.3, 0.4) is 0 Å². The van der Waals surface area contributed by atoms with Gasteiger partial charge < -0.3 is 5.32 Å². The fourth-order valence-electron chi connectivity index (χ4n) is 1.39. The fraction of sp³-hybridized carbons (Fsp3) is 0.750. The predicted molar refractivity (Wildman–Crippen MR) is 43.9 cm³/mol. The standard InChI is InChI=1S/C8H16N2/c1-9-6-5-8-4-3-7-10(8)2/h5-6,8-9H,3-4,7H2,1-2H3/b6-5+. The lowest BCUT2D eigenvalue weighted by molar-refractivity contribution is 0.356. The quantitative estimate of drug-likeness (QED) is 0.610. The Balaban J connectivity index is 2.33. The molecule has 1 heterocycles. The molecule has 0 aromatic rings. The largest absolute Gasteiger partial charge is 0.394 e. The number of hydrogen-bond donors (Lipinski definition) is 1. The maximum atomic E-state index is 3.01. The van der Waals surface area contributed by atoms with E-state index in [0.29, 0.717) is 6.04 Å². The molecule has 0 radical (unpaired) electrons. The van der Waals surface area contributed by atoms with Crippen molar-refractivity contribution in [2.75, 3.05) is 20.6 Å². The molecule has 1 atom stereocenters. The minimum absolute atomic E-state index is 0.674. The van der Waals surface area contributed by atoms with E-state index >= 15 is 0 Å². The number of nitrogens with zero attached hydrogens (tertiary/aromatic N) is 1. The van der Waals surface area contributed by atoms with Crippen molar-refractivity contribution in [1.29, 1.82) is 0 Å². The van der Waals surface area contributed by atoms with Crippen molar-refractivity contribution >= 4 is 0 Å². The van der Waals surface area contributed by atoms with Gasteiger partial charge in [-0.15, -0.1) is 0 Å². The van der Waals surface area contributed by atoms with Crippen LogP contribution in [0.15, 0.2) is 12.3 Å². The van der Waals surface area contributed by atoms with Gasteiger partial charge in [-0.1, -0.05) is 6.08 Å². The van der Waals surface area contributed by atoms with Gasteiger partial charge in [0.25, 0.3) is 0 Å². The molecule has 0 spiro atoms. The van der Waals surface area contributed by atoms with Crippen LogP contribution in [0.5, 0.6) is 0 Å². The summed E-state index contributed by atoms with van der Waals surface area (Å²) in [7, 11) is 4.11. The molecule has 1 fully saturated rings. The molecular weight excluding hydrogens is 124 g/mol. The van der Waals surface area contributed by atoms with Crippen LogP contribution in [0.2, 0.25) is 0 Å². The molecule has 1 rings (SSSR count). The zero-order chi connectivity index (χ0) is 7.40. The maximum absolute atomic E-state index is 3.01. The van der Waals surface area contributed by atoms with Crippen LogP contribution >= 0.6 is 0 Å². The van der Waals surface area contributed by atoms with E-state index < -0.39 is 0 Å². The van der Waals surface area contributed by atoms with Crippen LogP contribution in [0.25, 0.3) is 0 Å².